The molecule has 0 fully saturated rings. The highest BCUT2D eigenvalue weighted by atomic mass is 19.1. The van der Waals surface area contributed by atoms with Gasteiger partial charge in [-0.1, -0.05) is 30.3 Å². The van der Waals surface area contributed by atoms with Crippen LogP contribution in [0, 0.1) is 11.6 Å². The molecule has 2 aromatic heterocycles. The molecule has 0 aliphatic heterocycles. The smallest absolute Gasteiger partial charge is 0.280 e. The Labute approximate surface area is 194 Å². The van der Waals surface area contributed by atoms with Crippen LogP contribution in [0.25, 0.3) is 27.8 Å². The van der Waals surface area contributed by atoms with Crippen LogP contribution < -0.4 is 5.56 Å². The molecular weight excluding hydrogens is 434 g/mol. The van der Waals surface area contributed by atoms with Crippen LogP contribution in [0.2, 0.25) is 0 Å². The molecule has 5 nitrogen and oxygen atoms in total. The first-order valence-corrected chi connectivity index (χ1v) is 10.9. The number of hydrogen-bond donors (Lipinski definition) is 2. The SMILES string of the molecule is CC(=NCCc1c[nH]c2ccc(F)cc12)c1c(-c2ccccc2)[nH]n(-c2ccc(F)cc2)c1=O. The summed E-state index contributed by atoms with van der Waals surface area (Å²) in [7, 11) is 0. The van der Waals surface area contributed by atoms with Gasteiger partial charge in [0.05, 0.1) is 16.9 Å². The van der Waals surface area contributed by atoms with E-state index in [2.05, 4.69) is 15.1 Å². The van der Waals surface area contributed by atoms with Gasteiger partial charge in [-0.05, 0) is 61.4 Å². The van der Waals surface area contributed by atoms with E-state index < -0.39 is 0 Å². The first-order chi connectivity index (χ1) is 16.5. The Morgan fingerprint density at radius 1 is 0.971 bits per heavy atom. The van der Waals surface area contributed by atoms with Crippen LogP contribution in [0.5, 0.6) is 0 Å². The van der Waals surface area contributed by atoms with Crippen molar-refractivity contribution in [3.63, 3.8) is 0 Å². The predicted molar refractivity (Wildman–Crippen MR) is 131 cm³/mol. The van der Waals surface area contributed by atoms with Crippen LogP contribution in [0.1, 0.15) is 18.1 Å². The van der Waals surface area contributed by atoms with Gasteiger partial charge in [0.2, 0.25) is 0 Å². The van der Waals surface area contributed by atoms with E-state index in [1.54, 1.807) is 25.1 Å². The Morgan fingerprint density at radius 3 is 2.47 bits per heavy atom. The predicted octanol–water partition coefficient (Wildman–Crippen LogP) is 5.64. The second-order valence-corrected chi connectivity index (χ2v) is 8.07. The first-order valence-electron chi connectivity index (χ1n) is 10.9. The van der Waals surface area contributed by atoms with Crippen LogP contribution in [0.3, 0.4) is 0 Å². The van der Waals surface area contributed by atoms with Crippen LogP contribution >= 0.6 is 0 Å². The zero-order valence-electron chi connectivity index (χ0n) is 18.5. The molecule has 34 heavy (non-hydrogen) atoms. The number of H-pyrrole nitrogens is 2. The lowest BCUT2D eigenvalue weighted by molar-refractivity contribution is 0.627. The summed E-state index contributed by atoms with van der Waals surface area (Å²) < 4.78 is 28.5. The summed E-state index contributed by atoms with van der Waals surface area (Å²) >= 11 is 0. The number of rotatable bonds is 6. The van der Waals surface area contributed by atoms with Crippen molar-refractivity contribution in [3.05, 3.63) is 112 Å². The highest BCUT2D eigenvalue weighted by molar-refractivity contribution is 6.03. The van der Waals surface area contributed by atoms with Gasteiger partial charge in [-0.15, -0.1) is 0 Å². The Morgan fingerprint density at radius 2 is 1.71 bits per heavy atom. The van der Waals surface area contributed by atoms with Gasteiger partial charge in [-0.3, -0.25) is 14.9 Å². The van der Waals surface area contributed by atoms with E-state index in [1.165, 1.54) is 28.9 Å². The van der Waals surface area contributed by atoms with Gasteiger partial charge < -0.3 is 4.98 Å². The highest BCUT2D eigenvalue weighted by Crippen LogP contribution is 2.23. The third-order valence-corrected chi connectivity index (χ3v) is 5.86. The number of halogens is 2. The second-order valence-electron chi connectivity index (χ2n) is 8.07. The largest absolute Gasteiger partial charge is 0.361 e. The molecule has 0 saturated carbocycles. The summed E-state index contributed by atoms with van der Waals surface area (Å²) in [4.78, 5) is 21.2. The number of nitrogens with one attached hydrogen (secondary N) is 2. The number of aliphatic imine (C=N–C) groups is 1. The molecule has 0 amide bonds. The number of aromatic nitrogens is 3. The number of hydrogen-bond acceptors (Lipinski definition) is 2. The van der Waals surface area contributed by atoms with Gasteiger partial charge in [0.25, 0.3) is 5.56 Å². The molecule has 2 N–H and O–H groups in total. The summed E-state index contributed by atoms with van der Waals surface area (Å²) in [6.45, 7) is 2.24. The third kappa shape index (κ3) is 4.08. The standard InChI is InChI=1S/C27H22F2N4O/c1-17(30-14-13-19-16-31-24-12-9-21(29)15-23(19)24)25-26(18-5-3-2-4-6-18)32-33(27(25)34)22-10-7-20(28)8-11-22/h2-12,15-16,31-32H,13-14H2,1H3. The number of fused-ring (bicyclic) bond motifs is 1. The molecule has 0 aliphatic rings. The van der Waals surface area contributed by atoms with E-state index in [9.17, 15) is 13.6 Å². The Kier molecular flexibility index (Phi) is 5.67. The summed E-state index contributed by atoms with van der Waals surface area (Å²) in [6.07, 6.45) is 2.46. The zero-order chi connectivity index (χ0) is 23.7. The van der Waals surface area contributed by atoms with Crippen molar-refractivity contribution in [2.24, 2.45) is 4.99 Å². The van der Waals surface area contributed by atoms with Crippen molar-refractivity contribution in [2.45, 2.75) is 13.3 Å². The quantitative estimate of drug-likeness (QED) is 0.319. The normalized spacial score (nSPS) is 11.9. The number of aromatic amines is 2. The van der Waals surface area contributed by atoms with Crippen LogP contribution in [-0.2, 0) is 6.42 Å². The van der Waals surface area contributed by atoms with Crippen molar-refractivity contribution < 1.29 is 8.78 Å². The fourth-order valence-electron chi connectivity index (χ4n) is 4.14. The minimum atomic E-state index is -0.373. The van der Waals surface area contributed by atoms with Crippen molar-refractivity contribution >= 4 is 16.6 Å². The maximum atomic E-state index is 13.7. The molecule has 5 aromatic rings. The molecule has 170 valence electrons. The summed E-state index contributed by atoms with van der Waals surface area (Å²) in [5, 5.41) is 4.00. The molecule has 0 bridgehead atoms. The lowest BCUT2D eigenvalue weighted by Gasteiger charge is -2.03. The third-order valence-electron chi connectivity index (χ3n) is 5.86. The average molecular weight is 456 g/mol. The van der Waals surface area contributed by atoms with E-state index in [-0.39, 0.29) is 17.2 Å². The Hall–Kier alpha value is -4.26. The fourth-order valence-corrected chi connectivity index (χ4v) is 4.14. The van der Waals surface area contributed by atoms with Gasteiger partial charge in [0, 0.05) is 34.9 Å². The molecule has 7 heteroatoms. The van der Waals surface area contributed by atoms with E-state index in [1.807, 2.05) is 36.5 Å². The van der Waals surface area contributed by atoms with E-state index in [0.717, 1.165) is 22.0 Å². The molecular formula is C27H22F2N4O. The van der Waals surface area contributed by atoms with Crippen molar-refractivity contribution in [3.8, 4) is 16.9 Å². The summed E-state index contributed by atoms with van der Waals surface area (Å²) in [5.41, 5.74) is 4.64. The van der Waals surface area contributed by atoms with Gasteiger partial charge in [-0.25, -0.2) is 13.5 Å². The van der Waals surface area contributed by atoms with Crippen molar-refractivity contribution in [1.82, 2.24) is 14.8 Å². The molecule has 0 aliphatic carbocycles. The highest BCUT2D eigenvalue weighted by Gasteiger charge is 2.19. The van der Waals surface area contributed by atoms with Gasteiger partial charge in [-0.2, -0.15) is 0 Å². The van der Waals surface area contributed by atoms with Crippen molar-refractivity contribution in [1.29, 1.82) is 0 Å². The van der Waals surface area contributed by atoms with Gasteiger partial charge >= 0.3 is 0 Å². The fraction of sp³-hybridized carbons (Fsp3) is 0.111. The number of nitrogens with zero attached hydrogens (tertiary/aromatic N) is 2. The monoisotopic (exact) mass is 456 g/mol. The van der Waals surface area contributed by atoms with Crippen LogP contribution in [0.4, 0.5) is 8.78 Å². The molecule has 0 atom stereocenters. The molecule has 0 radical (unpaired) electrons. The van der Waals surface area contributed by atoms with E-state index in [0.29, 0.717) is 35.6 Å². The molecule has 0 spiro atoms. The number of benzene rings is 3. The second kappa shape index (κ2) is 8.94. The van der Waals surface area contributed by atoms with Gasteiger partial charge in [0.15, 0.2) is 0 Å². The minimum absolute atomic E-state index is 0.263. The maximum absolute atomic E-state index is 13.7. The van der Waals surface area contributed by atoms with Crippen molar-refractivity contribution in [2.75, 3.05) is 6.54 Å². The molecule has 2 heterocycles. The lowest BCUT2D eigenvalue weighted by atomic mass is 10.1. The van der Waals surface area contributed by atoms with Crippen LogP contribution in [0.15, 0.2) is 88.8 Å². The lowest BCUT2D eigenvalue weighted by Crippen LogP contribution is -2.20. The molecule has 0 saturated heterocycles. The van der Waals surface area contributed by atoms with E-state index in [4.69, 9.17) is 0 Å². The maximum Gasteiger partial charge on any atom is 0.280 e. The average Bonchev–Trinajstić information content (AvgIpc) is 3.40. The molecule has 0 unspecified atom stereocenters. The molecule has 5 rings (SSSR count). The van der Waals surface area contributed by atoms with E-state index >= 15 is 0 Å². The summed E-state index contributed by atoms with van der Waals surface area (Å²) in [5.74, 6) is -0.657. The summed E-state index contributed by atoms with van der Waals surface area (Å²) in [6, 6.07) is 19.9. The van der Waals surface area contributed by atoms with Crippen LogP contribution in [-0.4, -0.2) is 27.0 Å². The topological polar surface area (TPSA) is 65.9 Å². The first kappa shape index (κ1) is 21.6. The van der Waals surface area contributed by atoms with Gasteiger partial charge in [0.1, 0.15) is 11.6 Å². The Bertz CT molecular complexity index is 1540. The molecule has 3 aromatic carbocycles. The zero-order valence-corrected chi connectivity index (χ0v) is 18.5. The minimum Gasteiger partial charge on any atom is -0.361 e. The Balaban J connectivity index is 1.50.